The molecule has 0 bridgehead atoms. The number of aryl methyl sites for hydroxylation is 1. The highest BCUT2D eigenvalue weighted by atomic mass is 19.2. The number of fused-ring (bicyclic) bond motifs is 1. The van der Waals surface area contributed by atoms with E-state index in [2.05, 4.69) is 6.92 Å². The van der Waals surface area contributed by atoms with E-state index in [1.54, 1.807) is 12.1 Å². The Kier molecular flexibility index (Phi) is 6.36. The van der Waals surface area contributed by atoms with Crippen LogP contribution in [0.15, 0.2) is 30.3 Å². The summed E-state index contributed by atoms with van der Waals surface area (Å²) in [6.45, 7) is 4.14. The van der Waals surface area contributed by atoms with Crippen LogP contribution in [0.25, 0.3) is 5.57 Å². The van der Waals surface area contributed by atoms with Crippen molar-refractivity contribution in [2.45, 2.75) is 77.6 Å². The average molecular weight is 413 g/mol. The molecule has 0 nitrogen and oxygen atoms in total. The van der Waals surface area contributed by atoms with E-state index in [-0.39, 0.29) is 11.7 Å². The summed E-state index contributed by atoms with van der Waals surface area (Å²) >= 11 is 0. The van der Waals surface area contributed by atoms with Gasteiger partial charge in [0, 0.05) is 5.56 Å². The van der Waals surface area contributed by atoms with Crippen molar-refractivity contribution < 1.29 is 13.2 Å². The van der Waals surface area contributed by atoms with E-state index in [9.17, 15) is 4.39 Å². The first kappa shape index (κ1) is 21.2. The molecule has 0 N–H and O–H groups in total. The molecular formula is C27H31F3. The molecule has 2 aliphatic carbocycles. The van der Waals surface area contributed by atoms with E-state index in [1.165, 1.54) is 12.8 Å². The Morgan fingerprint density at radius 1 is 0.867 bits per heavy atom. The Labute approximate surface area is 178 Å². The molecule has 1 fully saturated rings. The van der Waals surface area contributed by atoms with Gasteiger partial charge in [0.1, 0.15) is 5.82 Å². The van der Waals surface area contributed by atoms with Gasteiger partial charge in [0.25, 0.3) is 0 Å². The lowest BCUT2D eigenvalue weighted by atomic mass is 9.76. The molecule has 4 rings (SSSR count). The van der Waals surface area contributed by atoms with Crippen molar-refractivity contribution in [3.8, 4) is 0 Å². The lowest BCUT2D eigenvalue weighted by Gasteiger charge is -2.29. The summed E-state index contributed by atoms with van der Waals surface area (Å²) in [7, 11) is 0. The van der Waals surface area contributed by atoms with Crippen molar-refractivity contribution in [1.82, 2.24) is 0 Å². The van der Waals surface area contributed by atoms with Gasteiger partial charge < -0.3 is 0 Å². The molecule has 0 spiro atoms. The van der Waals surface area contributed by atoms with Gasteiger partial charge in [0.05, 0.1) is 0 Å². The summed E-state index contributed by atoms with van der Waals surface area (Å²) < 4.78 is 44.7. The zero-order valence-electron chi connectivity index (χ0n) is 18.0. The fourth-order valence-electron chi connectivity index (χ4n) is 5.37. The predicted octanol–water partition coefficient (Wildman–Crippen LogP) is 7.92. The van der Waals surface area contributed by atoms with Crippen LogP contribution in [-0.2, 0) is 19.3 Å². The zero-order chi connectivity index (χ0) is 21.3. The van der Waals surface area contributed by atoms with E-state index in [1.807, 2.05) is 25.1 Å². The van der Waals surface area contributed by atoms with Crippen LogP contribution < -0.4 is 0 Å². The molecule has 0 unspecified atom stereocenters. The summed E-state index contributed by atoms with van der Waals surface area (Å²) in [5.41, 5.74) is 3.88. The van der Waals surface area contributed by atoms with Gasteiger partial charge in [-0.15, -0.1) is 0 Å². The number of allylic oxidation sites excluding steroid dienone is 2. The maximum absolute atomic E-state index is 15.1. The maximum Gasteiger partial charge on any atom is 0.166 e. The number of rotatable bonds is 5. The van der Waals surface area contributed by atoms with Crippen LogP contribution in [-0.4, -0.2) is 0 Å². The first-order valence-electron chi connectivity index (χ1n) is 11.5. The van der Waals surface area contributed by atoms with E-state index in [0.29, 0.717) is 41.5 Å². The Balaban J connectivity index is 1.55. The molecule has 1 saturated carbocycles. The molecule has 0 aromatic heterocycles. The Bertz CT molecular complexity index is 949. The van der Waals surface area contributed by atoms with Gasteiger partial charge in [-0.05, 0) is 84.6 Å². The minimum atomic E-state index is -0.747. The largest absolute Gasteiger partial charge is 0.206 e. The minimum absolute atomic E-state index is 0.115. The summed E-state index contributed by atoms with van der Waals surface area (Å²) in [5.74, 6) is -0.732. The third-order valence-corrected chi connectivity index (χ3v) is 7.18. The summed E-state index contributed by atoms with van der Waals surface area (Å²) in [6.07, 6.45) is 9.89. The van der Waals surface area contributed by atoms with Gasteiger partial charge in [0.15, 0.2) is 11.6 Å². The van der Waals surface area contributed by atoms with Crippen molar-refractivity contribution in [2.24, 2.45) is 5.92 Å². The Morgan fingerprint density at radius 2 is 1.63 bits per heavy atom. The van der Waals surface area contributed by atoms with Gasteiger partial charge in [-0.25, -0.2) is 13.2 Å². The number of hydrogen-bond donors (Lipinski definition) is 0. The second kappa shape index (κ2) is 8.99. The summed E-state index contributed by atoms with van der Waals surface area (Å²) in [5, 5.41) is 0. The SMILES string of the molecule is CCCC1CCC(c2ccc(C3=CCc4c(ccc(CC)c4F)C3)c(F)c2F)CC1. The second-order valence-corrected chi connectivity index (χ2v) is 8.98. The van der Waals surface area contributed by atoms with Gasteiger partial charge >= 0.3 is 0 Å². The molecule has 2 aromatic rings. The van der Waals surface area contributed by atoms with Crippen molar-refractivity contribution >= 4 is 5.57 Å². The number of halogens is 3. The van der Waals surface area contributed by atoms with Crippen LogP contribution in [0.5, 0.6) is 0 Å². The van der Waals surface area contributed by atoms with E-state index in [0.717, 1.165) is 42.7 Å². The third-order valence-electron chi connectivity index (χ3n) is 7.18. The second-order valence-electron chi connectivity index (χ2n) is 8.98. The van der Waals surface area contributed by atoms with E-state index < -0.39 is 11.6 Å². The van der Waals surface area contributed by atoms with Crippen molar-refractivity contribution in [1.29, 1.82) is 0 Å². The zero-order valence-corrected chi connectivity index (χ0v) is 18.0. The van der Waals surface area contributed by atoms with Crippen molar-refractivity contribution in [2.75, 3.05) is 0 Å². The highest BCUT2D eigenvalue weighted by Crippen LogP contribution is 2.40. The third kappa shape index (κ3) is 3.96. The van der Waals surface area contributed by atoms with Crippen LogP contribution >= 0.6 is 0 Å². The van der Waals surface area contributed by atoms with Crippen LogP contribution in [0.2, 0.25) is 0 Å². The highest BCUT2D eigenvalue weighted by molar-refractivity contribution is 5.71. The minimum Gasteiger partial charge on any atom is -0.206 e. The molecule has 0 radical (unpaired) electrons. The lowest BCUT2D eigenvalue weighted by molar-refractivity contribution is 0.303. The molecule has 160 valence electrons. The average Bonchev–Trinajstić information content (AvgIpc) is 2.77. The monoisotopic (exact) mass is 412 g/mol. The van der Waals surface area contributed by atoms with Gasteiger partial charge in [0.2, 0.25) is 0 Å². The fraction of sp³-hybridized carbons (Fsp3) is 0.481. The van der Waals surface area contributed by atoms with Crippen molar-refractivity contribution in [3.05, 3.63) is 75.6 Å². The van der Waals surface area contributed by atoms with Crippen LogP contribution in [0.3, 0.4) is 0 Å². The number of benzene rings is 2. The normalized spacial score (nSPS) is 21.3. The first-order chi connectivity index (χ1) is 14.5. The first-order valence-corrected chi connectivity index (χ1v) is 11.5. The molecule has 0 saturated heterocycles. The lowest BCUT2D eigenvalue weighted by Crippen LogP contribution is -2.15. The molecule has 2 aromatic carbocycles. The maximum atomic E-state index is 15.1. The number of hydrogen-bond acceptors (Lipinski definition) is 0. The van der Waals surface area contributed by atoms with Crippen LogP contribution in [0, 0.1) is 23.4 Å². The smallest absolute Gasteiger partial charge is 0.166 e. The van der Waals surface area contributed by atoms with Gasteiger partial charge in [-0.1, -0.05) is 57.0 Å². The molecule has 2 aliphatic rings. The summed E-state index contributed by atoms with van der Waals surface area (Å²) in [4.78, 5) is 0. The Hall–Kier alpha value is -2.03. The van der Waals surface area contributed by atoms with E-state index >= 15 is 8.78 Å². The quantitative estimate of drug-likeness (QED) is 0.468. The molecule has 3 heteroatoms. The topological polar surface area (TPSA) is 0 Å². The Morgan fingerprint density at radius 3 is 2.33 bits per heavy atom. The van der Waals surface area contributed by atoms with Crippen molar-refractivity contribution in [3.63, 3.8) is 0 Å². The molecule has 0 aliphatic heterocycles. The molecule has 0 heterocycles. The highest BCUT2D eigenvalue weighted by Gasteiger charge is 2.27. The van der Waals surface area contributed by atoms with Gasteiger partial charge in [-0.2, -0.15) is 0 Å². The van der Waals surface area contributed by atoms with Crippen LogP contribution in [0.4, 0.5) is 13.2 Å². The van der Waals surface area contributed by atoms with Gasteiger partial charge in [-0.3, -0.25) is 0 Å². The molecule has 0 atom stereocenters. The molecule has 30 heavy (non-hydrogen) atoms. The van der Waals surface area contributed by atoms with E-state index in [4.69, 9.17) is 0 Å². The molecular weight excluding hydrogens is 381 g/mol. The standard InChI is InChI=1S/C27H31F3/c1-3-5-17-6-8-19(9-7-17)22-14-15-24(27(30)26(22)29)21-12-13-23-20(16-21)11-10-18(4-2)25(23)28/h10-12,14-15,17,19H,3-9,13,16H2,1-2H3. The van der Waals surface area contributed by atoms with Crippen LogP contribution in [0.1, 0.15) is 86.1 Å². The fourth-order valence-corrected chi connectivity index (χ4v) is 5.37. The predicted molar refractivity (Wildman–Crippen MR) is 117 cm³/mol. The summed E-state index contributed by atoms with van der Waals surface area (Å²) in [6, 6.07) is 7.27. The molecule has 0 amide bonds.